The number of thiazole rings is 1. The Bertz CT molecular complexity index is 371. The molecule has 0 spiro atoms. The van der Waals surface area contributed by atoms with Gasteiger partial charge in [-0.25, -0.2) is 9.78 Å². The lowest BCUT2D eigenvalue weighted by Crippen LogP contribution is -2.36. The number of rotatable bonds is 2. The minimum Gasteiger partial charge on any atom is -0.476 e. The zero-order chi connectivity index (χ0) is 10.8. The summed E-state index contributed by atoms with van der Waals surface area (Å²) in [5.74, 6) is -0.955. The Balaban J connectivity index is 2.21. The number of carboxylic acid groups (broad SMARTS) is 1. The van der Waals surface area contributed by atoms with Gasteiger partial charge in [0, 0.05) is 18.0 Å². The second kappa shape index (κ2) is 4.16. The van der Waals surface area contributed by atoms with Gasteiger partial charge in [-0.05, 0) is 6.92 Å². The number of aromatic carboxylic acids is 1. The zero-order valence-corrected chi connectivity index (χ0v) is 9.21. The molecular weight excluding hydrogens is 216 g/mol. The molecule has 1 N–H and O–H groups in total. The van der Waals surface area contributed by atoms with Crippen LogP contribution in [0.25, 0.3) is 0 Å². The van der Waals surface area contributed by atoms with Gasteiger partial charge in [-0.3, -0.25) is 0 Å². The van der Waals surface area contributed by atoms with Crippen molar-refractivity contribution in [3.63, 3.8) is 0 Å². The summed E-state index contributed by atoms with van der Waals surface area (Å²) in [6, 6.07) is 0. The van der Waals surface area contributed by atoms with Gasteiger partial charge in [0.05, 0.1) is 13.2 Å². The summed E-state index contributed by atoms with van der Waals surface area (Å²) in [7, 11) is 0. The molecule has 82 valence electrons. The van der Waals surface area contributed by atoms with Gasteiger partial charge in [0.25, 0.3) is 0 Å². The van der Waals surface area contributed by atoms with Crippen molar-refractivity contribution in [2.75, 3.05) is 31.2 Å². The number of aromatic nitrogens is 1. The van der Waals surface area contributed by atoms with Crippen LogP contribution in [0.4, 0.5) is 5.13 Å². The van der Waals surface area contributed by atoms with Gasteiger partial charge in [-0.15, -0.1) is 11.3 Å². The summed E-state index contributed by atoms with van der Waals surface area (Å²) in [5.41, 5.74) is 0.168. The first-order valence-corrected chi connectivity index (χ1v) is 5.53. The maximum atomic E-state index is 10.8. The molecule has 1 saturated heterocycles. The van der Waals surface area contributed by atoms with Crippen LogP contribution in [0.15, 0.2) is 0 Å². The first-order chi connectivity index (χ1) is 7.18. The lowest BCUT2D eigenvalue weighted by molar-refractivity contribution is 0.0690. The number of aryl methyl sites for hydroxylation is 1. The molecule has 0 amide bonds. The fourth-order valence-corrected chi connectivity index (χ4v) is 2.42. The first kappa shape index (κ1) is 10.4. The standard InChI is InChI=1S/C9H12N2O3S/c1-6-7(8(12)13)10-9(15-6)11-2-4-14-5-3-11/h2-5H2,1H3,(H,12,13). The first-order valence-electron chi connectivity index (χ1n) is 4.72. The Morgan fingerprint density at radius 3 is 2.73 bits per heavy atom. The predicted octanol–water partition coefficient (Wildman–Crippen LogP) is 0.986. The van der Waals surface area contributed by atoms with E-state index in [-0.39, 0.29) is 5.69 Å². The van der Waals surface area contributed by atoms with Crippen LogP contribution in [0.2, 0.25) is 0 Å². The van der Waals surface area contributed by atoms with E-state index in [0.717, 1.165) is 23.1 Å². The highest BCUT2D eigenvalue weighted by Crippen LogP contribution is 2.26. The number of carboxylic acids is 1. The van der Waals surface area contributed by atoms with Gasteiger partial charge in [0.15, 0.2) is 10.8 Å². The molecule has 2 rings (SSSR count). The Morgan fingerprint density at radius 1 is 1.53 bits per heavy atom. The van der Waals surface area contributed by atoms with Crippen LogP contribution in [-0.2, 0) is 4.74 Å². The molecule has 0 unspecified atom stereocenters. The highest BCUT2D eigenvalue weighted by atomic mass is 32.1. The quantitative estimate of drug-likeness (QED) is 0.817. The lowest BCUT2D eigenvalue weighted by Gasteiger charge is -2.25. The molecule has 0 saturated carbocycles. The molecule has 1 aliphatic heterocycles. The summed E-state index contributed by atoms with van der Waals surface area (Å²) in [5, 5.41) is 9.66. The van der Waals surface area contributed by atoms with Crippen molar-refractivity contribution in [3.05, 3.63) is 10.6 Å². The number of carbonyl (C=O) groups is 1. The zero-order valence-electron chi connectivity index (χ0n) is 8.39. The number of ether oxygens (including phenoxy) is 1. The largest absolute Gasteiger partial charge is 0.476 e. The topological polar surface area (TPSA) is 62.7 Å². The van der Waals surface area contributed by atoms with E-state index in [1.54, 1.807) is 6.92 Å². The highest BCUT2D eigenvalue weighted by Gasteiger charge is 2.19. The van der Waals surface area contributed by atoms with Crippen LogP contribution >= 0.6 is 11.3 Å². The second-order valence-electron chi connectivity index (χ2n) is 3.31. The van der Waals surface area contributed by atoms with E-state index in [0.29, 0.717) is 13.2 Å². The third kappa shape index (κ3) is 2.10. The summed E-state index contributed by atoms with van der Waals surface area (Å²) in [6.45, 7) is 4.71. The van der Waals surface area contributed by atoms with E-state index in [9.17, 15) is 4.79 Å². The van der Waals surface area contributed by atoms with Crippen molar-refractivity contribution in [2.24, 2.45) is 0 Å². The van der Waals surface area contributed by atoms with Gasteiger partial charge < -0.3 is 14.7 Å². The van der Waals surface area contributed by atoms with E-state index in [2.05, 4.69) is 9.88 Å². The molecule has 1 aliphatic rings. The lowest BCUT2D eigenvalue weighted by atomic mass is 10.4. The molecule has 1 aromatic heterocycles. The Morgan fingerprint density at radius 2 is 2.20 bits per heavy atom. The van der Waals surface area contributed by atoms with E-state index >= 15 is 0 Å². The molecule has 15 heavy (non-hydrogen) atoms. The SMILES string of the molecule is Cc1sc(N2CCOCC2)nc1C(=O)O. The van der Waals surface area contributed by atoms with Crippen LogP contribution < -0.4 is 4.90 Å². The summed E-state index contributed by atoms with van der Waals surface area (Å²) < 4.78 is 5.22. The number of hydrogen-bond donors (Lipinski definition) is 1. The Labute approximate surface area is 91.3 Å². The van der Waals surface area contributed by atoms with Gasteiger partial charge in [0.1, 0.15) is 0 Å². The van der Waals surface area contributed by atoms with E-state index in [4.69, 9.17) is 9.84 Å². The Kier molecular flexibility index (Phi) is 2.88. The molecule has 6 heteroatoms. The van der Waals surface area contributed by atoms with Crippen molar-refractivity contribution in [1.29, 1.82) is 0 Å². The minimum absolute atomic E-state index is 0.168. The highest BCUT2D eigenvalue weighted by molar-refractivity contribution is 7.15. The third-order valence-electron chi connectivity index (χ3n) is 2.27. The molecule has 0 aromatic carbocycles. The molecule has 0 radical (unpaired) electrons. The van der Waals surface area contributed by atoms with Crippen LogP contribution in [-0.4, -0.2) is 42.4 Å². The normalized spacial score (nSPS) is 16.7. The smallest absolute Gasteiger partial charge is 0.355 e. The van der Waals surface area contributed by atoms with Crippen molar-refractivity contribution < 1.29 is 14.6 Å². The monoisotopic (exact) mass is 228 g/mol. The van der Waals surface area contributed by atoms with Crippen molar-refractivity contribution in [2.45, 2.75) is 6.92 Å². The summed E-state index contributed by atoms with van der Waals surface area (Å²) >= 11 is 1.43. The number of nitrogens with zero attached hydrogens (tertiary/aromatic N) is 2. The summed E-state index contributed by atoms with van der Waals surface area (Å²) in [6.07, 6.45) is 0. The number of morpholine rings is 1. The van der Waals surface area contributed by atoms with Gasteiger partial charge in [-0.2, -0.15) is 0 Å². The maximum Gasteiger partial charge on any atom is 0.355 e. The third-order valence-corrected chi connectivity index (χ3v) is 3.30. The molecular formula is C9H12N2O3S. The number of hydrogen-bond acceptors (Lipinski definition) is 5. The molecule has 5 nitrogen and oxygen atoms in total. The van der Waals surface area contributed by atoms with Gasteiger partial charge >= 0.3 is 5.97 Å². The molecule has 0 aliphatic carbocycles. The van der Waals surface area contributed by atoms with Crippen molar-refractivity contribution in [3.8, 4) is 0 Å². The van der Waals surface area contributed by atoms with Crippen molar-refractivity contribution in [1.82, 2.24) is 4.98 Å². The molecule has 1 fully saturated rings. The average molecular weight is 228 g/mol. The molecule has 1 aromatic rings. The van der Waals surface area contributed by atoms with Crippen LogP contribution in [0.5, 0.6) is 0 Å². The van der Waals surface area contributed by atoms with E-state index in [1.165, 1.54) is 11.3 Å². The molecule has 0 atom stereocenters. The van der Waals surface area contributed by atoms with Crippen LogP contribution in [0.3, 0.4) is 0 Å². The average Bonchev–Trinajstić information content (AvgIpc) is 2.62. The van der Waals surface area contributed by atoms with Gasteiger partial charge in [0.2, 0.25) is 0 Å². The van der Waals surface area contributed by atoms with Crippen LogP contribution in [0, 0.1) is 6.92 Å². The maximum absolute atomic E-state index is 10.8. The van der Waals surface area contributed by atoms with E-state index < -0.39 is 5.97 Å². The van der Waals surface area contributed by atoms with Crippen molar-refractivity contribution >= 4 is 22.4 Å². The minimum atomic E-state index is -0.955. The van der Waals surface area contributed by atoms with Gasteiger partial charge in [-0.1, -0.05) is 0 Å². The molecule has 0 bridgehead atoms. The molecule has 2 heterocycles. The number of anilines is 1. The Hall–Kier alpha value is -1.14. The fourth-order valence-electron chi connectivity index (χ4n) is 1.47. The van der Waals surface area contributed by atoms with Crippen LogP contribution in [0.1, 0.15) is 15.4 Å². The van der Waals surface area contributed by atoms with E-state index in [1.807, 2.05) is 0 Å². The second-order valence-corrected chi connectivity index (χ2v) is 4.49. The summed E-state index contributed by atoms with van der Waals surface area (Å²) in [4.78, 5) is 17.8. The predicted molar refractivity (Wildman–Crippen MR) is 56.8 cm³/mol. The fraction of sp³-hybridized carbons (Fsp3) is 0.556.